The van der Waals surface area contributed by atoms with E-state index in [1.165, 1.54) is 12.8 Å². The second-order valence-corrected chi connectivity index (χ2v) is 7.18. The largest absolute Gasteiger partial charge is 0.481 e. The highest BCUT2D eigenvalue weighted by atomic mass is 16.5. The van der Waals surface area contributed by atoms with Crippen molar-refractivity contribution in [2.45, 2.75) is 63.5 Å². The number of hydrogen-bond acceptors (Lipinski definition) is 6. The van der Waals surface area contributed by atoms with Crippen LogP contribution in [0.25, 0.3) is 0 Å². The number of methoxy groups -OCH3 is 1. The summed E-state index contributed by atoms with van der Waals surface area (Å²) < 4.78 is 6.88. The lowest BCUT2D eigenvalue weighted by Gasteiger charge is -2.30. The second kappa shape index (κ2) is 7.43. The van der Waals surface area contributed by atoms with Crippen molar-refractivity contribution in [2.24, 2.45) is 0 Å². The molecule has 2 heterocycles. The van der Waals surface area contributed by atoms with Gasteiger partial charge in [0.25, 0.3) is 5.56 Å². The first-order valence-corrected chi connectivity index (χ1v) is 9.48. The Balaban J connectivity index is 1.41. The van der Waals surface area contributed by atoms with Crippen molar-refractivity contribution >= 4 is 5.95 Å². The number of aryl methyl sites for hydroxylation is 2. The van der Waals surface area contributed by atoms with Gasteiger partial charge in [0.15, 0.2) is 0 Å². The van der Waals surface area contributed by atoms with Crippen LogP contribution in [0.15, 0.2) is 23.1 Å². The van der Waals surface area contributed by atoms with E-state index in [1.807, 2.05) is 6.07 Å². The highest BCUT2D eigenvalue weighted by molar-refractivity contribution is 5.29. The van der Waals surface area contributed by atoms with E-state index in [0.717, 1.165) is 49.8 Å². The average molecular weight is 355 g/mol. The number of ether oxygens (including phenoxy) is 1. The summed E-state index contributed by atoms with van der Waals surface area (Å²) in [5.41, 5.74) is 2.34. The van der Waals surface area contributed by atoms with Gasteiger partial charge in [-0.25, -0.2) is 9.67 Å². The Labute approximate surface area is 152 Å². The first-order chi connectivity index (χ1) is 12.7. The predicted octanol–water partition coefficient (Wildman–Crippen LogP) is 2.52. The van der Waals surface area contributed by atoms with Gasteiger partial charge in [0.05, 0.1) is 18.8 Å². The minimum atomic E-state index is 0.0539. The van der Waals surface area contributed by atoms with Crippen molar-refractivity contribution in [2.75, 3.05) is 12.4 Å². The number of hydrogen-bond donors (Lipinski definition) is 1. The minimum absolute atomic E-state index is 0.0539. The molecule has 0 unspecified atom stereocenters. The Hall–Kier alpha value is -2.44. The molecule has 7 heteroatoms. The zero-order valence-corrected chi connectivity index (χ0v) is 15.1. The fourth-order valence-corrected chi connectivity index (χ4v) is 4.01. The minimum Gasteiger partial charge on any atom is -0.481 e. The van der Waals surface area contributed by atoms with Crippen molar-refractivity contribution in [3.05, 3.63) is 39.9 Å². The van der Waals surface area contributed by atoms with Gasteiger partial charge in [-0.15, -0.1) is 0 Å². The molecule has 7 nitrogen and oxygen atoms in total. The summed E-state index contributed by atoms with van der Waals surface area (Å²) in [6, 6.07) is 4.05. The van der Waals surface area contributed by atoms with Crippen LogP contribution in [0, 0.1) is 0 Å². The molecule has 0 aromatic carbocycles. The van der Waals surface area contributed by atoms with Gasteiger partial charge in [-0.05, 0) is 56.9 Å². The number of aromatic nitrogens is 4. The SMILES string of the molecule is COc1ccnc(NC2CCC(n3nc4c(cc3=O)CCCC4)CC2)n1. The summed E-state index contributed by atoms with van der Waals surface area (Å²) in [6.45, 7) is 0. The average Bonchev–Trinajstić information content (AvgIpc) is 2.68. The third kappa shape index (κ3) is 3.57. The van der Waals surface area contributed by atoms with Gasteiger partial charge in [0.1, 0.15) is 0 Å². The van der Waals surface area contributed by atoms with E-state index in [9.17, 15) is 4.79 Å². The summed E-state index contributed by atoms with van der Waals surface area (Å²) in [7, 11) is 1.60. The van der Waals surface area contributed by atoms with Crippen LogP contribution < -0.4 is 15.6 Å². The van der Waals surface area contributed by atoms with Crippen molar-refractivity contribution < 1.29 is 4.74 Å². The fourth-order valence-electron chi connectivity index (χ4n) is 4.01. The van der Waals surface area contributed by atoms with Crippen LogP contribution in [-0.2, 0) is 12.8 Å². The Morgan fingerprint density at radius 2 is 2.00 bits per heavy atom. The molecule has 0 aliphatic heterocycles. The monoisotopic (exact) mass is 355 g/mol. The van der Waals surface area contributed by atoms with Gasteiger partial charge in [-0.1, -0.05) is 0 Å². The molecule has 0 atom stereocenters. The maximum atomic E-state index is 12.5. The molecule has 0 amide bonds. The molecule has 1 N–H and O–H groups in total. The van der Waals surface area contributed by atoms with E-state index in [1.54, 1.807) is 24.1 Å². The van der Waals surface area contributed by atoms with Crippen LogP contribution in [0.2, 0.25) is 0 Å². The Morgan fingerprint density at radius 1 is 1.19 bits per heavy atom. The number of nitrogens with zero attached hydrogens (tertiary/aromatic N) is 4. The van der Waals surface area contributed by atoms with E-state index >= 15 is 0 Å². The molecular weight excluding hydrogens is 330 g/mol. The summed E-state index contributed by atoms with van der Waals surface area (Å²) in [6.07, 6.45) is 9.84. The highest BCUT2D eigenvalue weighted by Gasteiger charge is 2.25. The van der Waals surface area contributed by atoms with E-state index in [-0.39, 0.29) is 11.6 Å². The highest BCUT2D eigenvalue weighted by Crippen LogP contribution is 2.29. The molecular formula is C19H25N5O2. The molecule has 2 aromatic heterocycles. The molecule has 0 saturated heterocycles. The lowest BCUT2D eigenvalue weighted by atomic mass is 9.91. The van der Waals surface area contributed by atoms with Crippen LogP contribution in [0.4, 0.5) is 5.95 Å². The van der Waals surface area contributed by atoms with Crippen molar-refractivity contribution in [3.8, 4) is 5.88 Å². The molecule has 1 fully saturated rings. The van der Waals surface area contributed by atoms with Crippen LogP contribution in [0.3, 0.4) is 0 Å². The fraction of sp³-hybridized carbons (Fsp3) is 0.579. The maximum absolute atomic E-state index is 12.5. The third-order valence-corrected chi connectivity index (χ3v) is 5.45. The van der Waals surface area contributed by atoms with Crippen molar-refractivity contribution in [1.29, 1.82) is 0 Å². The van der Waals surface area contributed by atoms with Gasteiger partial charge in [-0.3, -0.25) is 4.79 Å². The van der Waals surface area contributed by atoms with Crippen LogP contribution in [0.1, 0.15) is 55.8 Å². The summed E-state index contributed by atoms with van der Waals surface area (Å²) in [4.78, 5) is 21.0. The van der Waals surface area contributed by atoms with E-state index < -0.39 is 0 Å². The zero-order chi connectivity index (χ0) is 17.9. The number of fused-ring (bicyclic) bond motifs is 1. The summed E-state index contributed by atoms with van der Waals surface area (Å²) in [5, 5.41) is 8.09. The molecule has 26 heavy (non-hydrogen) atoms. The molecule has 1 saturated carbocycles. The van der Waals surface area contributed by atoms with Gasteiger partial charge in [0, 0.05) is 24.4 Å². The van der Waals surface area contributed by atoms with Crippen LogP contribution in [-0.4, -0.2) is 32.9 Å². The van der Waals surface area contributed by atoms with Crippen molar-refractivity contribution in [1.82, 2.24) is 19.7 Å². The van der Waals surface area contributed by atoms with Crippen molar-refractivity contribution in [3.63, 3.8) is 0 Å². The van der Waals surface area contributed by atoms with Gasteiger partial charge >= 0.3 is 0 Å². The topological polar surface area (TPSA) is 81.9 Å². The zero-order valence-electron chi connectivity index (χ0n) is 15.1. The van der Waals surface area contributed by atoms with Crippen LogP contribution in [0.5, 0.6) is 5.88 Å². The predicted molar refractivity (Wildman–Crippen MR) is 98.6 cm³/mol. The van der Waals surface area contributed by atoms with Gasteiger partial charge in [0.2, 0.25) is 11.8 Å². The lowest BCUT2D eigenvalue weighted by Crippen LogP contribution is -2.34. The summed E-state index contributed by atoms with van der Waals surface area (Å²) in [5.74, 6) is 1.15. The van der Waals surface area contributed by atoms with Gasteiger partial charge in [-0.2, -0.15) is 10.1 Å². The van der Waals surface area contributed by atoms with Gasteiger partial charge < -0.3 is 10.1 Å². The molecule has 138 valence electrons. The Morgan fingerprint density at radius 3 is 2.81 bits per heavy atom. The smallest absolute Gasteiger partial charge is 0.267 e. The van der Waals surface area contributed by atoms with E-state index in [4.69, 9.17) is 9.84 Å². The maximum Gasteiger partial charge on any atom is 0.267 e. The number of rotatable bonds is 4. The standard InChI is InChI=1S/C19H25N5O2/c1-26-17-10-11-20-19(22-17)21-14-6-8-15(9-7-14)24-18(25)12-13-4-2-3-5-16(13)23-24/h10-12,14-15H,2-9H2,1H3,(H,20,21,22). The number of nitrogens with one attached hydrogen (secondary N) is 1. The molecule has 4 rings (SSSR count). The van der Waals surface area contributed by atoms with Crippen LogP contribution >= 0.6 is 0 Å². The molecule has 0 radical (unpaired) electrons. The summed E-state index contributed by atoms with van der Waals surface area (Å²) >= 11 is 0. The normalized spacial score (nSPS) is 22.5. The first kappa shape index (κ1) is 17.0. The van der Waals surface area contributed by atoms with E-state index in [2.05, 4.69) is 15.3 Å². The first-order valence-electron chi connectivity index (χ1n) is 9.48. The molecule has 2 aliphatic carbocycles. The number of anilines is 1. The molecule has 2 aliphatic rings. The Kier molecular flexibility index (Phi) is 4.86. The quantitative estimate of drug-likeness (QED) is 0.907. The Bertz CT molecular complexity index is 827. The molecule has 0 bridgehead atoms. The molecule has 2 aromatic rings. The second-order valence-electron chi connectivity index (χ2n) is 7.18. The third-order valence-electron chi connectivity index (χ3n) is 5.45. The van der Waals surface area contributed by atoms with E-state index in [0.29, 0.717) is 17.9 Å². The molecule has 0 spiro atoms. The lowest BCUT2D eigenvalue weighted by molar-refractivity contribution is 0.299.